The van der Waals surface area contributed by atoms with E-state index in [1.807, 2.05) is 6.92 Å². The molecule has 0 amide bonds. The van der Waals surface area contributed by atoms with Gasteiger partial charge in [0.1, 0.15) is 0 Å². The minimum absolute atomic E-state index is 0.767. The Morgan fingerprint density at radius 3 is 3.00 bits per heavy atom. The quantitative estimate of drug-likeness (QED) is 0.665. The van der Waals surface area contributed by atoms with E-state index in [4.69, 9.17) is 4.74 Å². The molecule has 0 unspecified atom stereocenters. The molecule has 1 rings (SSSR count). The lowest BCUT2D eigenvalue weighted by Gasteiger charge is -1.92. The first-order chi connectivity index (χ1) is 4.83. The van der Waals surface area contributed by atoms with Crippen molar-refractivity contribution in [2.24, 2.45) is 0 Å². The summed E-state index contributed by atoms with van der Waals surface area (Å²) in [7, 11) is 1.71. The van der Waals surface area contributed by atoms with E-state index >= 15 is 0 Å². The topological polar surface area (TPSA) is 22.1 Å². The zero-order valence-electron chi connectivity index (χ0n) is 6.26. The van der Waals surface area contributed by atoms with Gasteiger partial charge in [0.2, 0.25) is 0 Å². The Hall–Kier alpha value is -0.410. The van der Waals surface area contributed by atoms with Gasteiger partial charge in [0.25, 0.3) is 0 Å². The van der Waals surface area contributed by atoms with Gasteiger partial charge in [-0.25, -0.2) is 4.98 Å². The number of aryl methyl sites for hydroxylation is 1. The minimum Gasteiger partial charge on any atom is -0.384 e. The molecule has 0 aliphatic carbocycles. The number of hydrogen-bond acceptors (Lipinski definition) is 3. The minimum atomic E-state index is 0.767. The van der Waals surface area contributed by atoms with E-state index in [0.29, 0.717) is 0 Å². The summed E-state index contributed by atoms with van der Waals surface area (Å²) in [5.74, 6) is 0. The van der Waals surface area contributed by atoms with E-state index < -0.39 is 0 Å². The van der Waals surface area contributed by atoms with E-state index in [0.717, 1.165) is 23.7 Å². The molecule has 0 saturated heterocycles. The molecule has 1 heterocycles. The standard InChI is InChI=1S/C7H11NOS/c1-6-8-7(5-10-6)3-4-9-2/h5H,3-4H2,1-2H3. The zero-order valence-corrected chi connectivity index (χ0v) is 7.07. The fourth-order valence-corrected chi connectivity index (χ4v) is 1.38. The van der Waals surface area contributed by atoms with Crippen molar-refractivity contribution in [2.75, 3.05) is 13.7 Å². The van der Waals surface area contributed by atoms with E-state index in [2.05, 4.69) is 10.4 Å². The van der Waals surface area contributed by atoms with Gasteiger partial charge in [0, 0.05) is 18.9 Å². The number of aromatic nitrogens is 1. The van der Waals surface area contributed by atoms with Crippen molar-refractivity contribution in [1.82, 2.24) is 4.98 Å². The molecule has 0 aliphatic heterocycles. The van der Waals surface area contributed by atoms with Crippen LogP contribution in [-0.2, 0) is 11.2 Å². The van der Waals surface area contributed by atoms with Crippen molar-refractivity contribution in [3.63, 3.8) is 0 Å². The molecule has 3 heteroatoms. The summed E-state index contributed by atoms with van der Waals surface area (Å²) >= 11 is 1.69. The maximum absolute atomic E-state index is 4.92. The average molecular weight is 157 g/mol. The van der Waals surface area contributed by atoms with Crippen molar-refractivity contribution in [1.29, 1.82) is 0 Å². The molecule has 1 aromatic rings. The van der Waals surface area contributed by atoms with Gasteiger partial charge in [0.15, 0.2) is 0 Å². The van der Waals surface area contributed by atoms with Gasteiger partial charge in [-0.2, -0.15) is 0 Å². The van der Waals surface area contributed by atoms with E-state index in [9.17, 15) is 0 Å². The smallest absolute Gasteiger partial charge is 0.0897 e. The van der Waals surface area contributed by atoms with Crippen LogP contribution in [0.15, 0.2) is 5.38 Å². The Labute approximate surface area is 64.9 Å². The van der Waals surface area contributed by atoms with Crippen molar-refractivity contribution in [2.45, 2.75) is 13.3 Å². The van der Waals surface area contributed by atoms with Gasteiger partial charge in [-0.3, -0.25) is 0 Å². The molecule has 0 fully saturated rings. The number of hydrogen-bond donors (Lipinski definition) is 0. The van der Waals surface area contributed by atoms with Gasteiger partial charge in [-0.15, -0.1) is 11.3 Å². The third kappa shape index (κ3) is 2.08. The Morgan fingerprint density at radius 2 is 2.50 bits per heavy atom. The van der Waals surface area contributed by atoms with Gasteiger partial charge in [0.05, 0.1) is 17.3 Å². The van der Waals surface area contributed by atoms with E-state index in [1.165, 1.54) is 0 Å². The molecule has 0 atom stereocenters. The molecule has 2 nitrogen and oxygen atoms in total. The lowest BCUT2D eigenvalue weighted by atomic mass is 10.4. The number of rotatable bonds is 3. The predicted octanol–water partition coefficient (Wildman–Crippen LogP) is 1.64. The average Bonchev–Trinajstić information content (AvgIpc) is 2.31. The van der Waals surface area contributed by atoms with Crippen LogP contribution in [0.4, 0.5) is 0 Å². The molecule has 0 aliphatic rings. The van der Waals surface area contributed by atoms with Gasteiger partial charge >= 0.3 is 0 Å². The fraction of sp³-hybridized carbons (Fsp3) is 0.571. The first-order valence-electron chi connectivity index (χ1n) is 3.23. The highest BCUT2D eigenvalue weighted by atomic mass is 32.1. The van der Waals surface area contributed by atoms with Crippen molar-refractivity contribution < 1.29 is 4.74 Å². The largest absolute Gasteiger partial charge is 0.384 e. The number of ether oxygens (including phenoxy) is 1. The second kappa shape index (κ2) is 3.68. The maximum Gasteiger partial charge on any atom is 0.0897 e. The van der Waals surface area contributed by atoms with Crippen LogP contribution >= 0.6 is 11.3 Å². The number of methoxy groups -OCH3 is 1. The second-order valence-corrected chi connectivity index (χ2v) is 3.16. The molecule has 0 N–H and O–H groups in total. The monoisotopic (exact) mass is 157 g/mol. The van der Waals surface area contributed by atoms with Crippen LogP contribution < -0.4 is 0 Å². The molecule has 0 spiro atoms. The fourth-order valence-electron chi connectivity index (χ4n) is 0.730. The van der Waals surface area contributed by atoms with Crippen LogP contribution in [0.3, 0.4) is 0 Å². The summed E-state index contributed by atoms with van der Waals surface area (Å²) in [6.45, 7) is 2.78. The lowest BCUT2D eigenvalue weighted by Crippen LogP contribution is -1.93. The molecule has 0 saturated carbocycles. The van der Waals surface area contributed by atoms with Crippen LogP contribution in [0.2, 0.25) is 0 Å². The van der Waals surface area contributed by atoms with Crippen LogP contribution in [0.25, 0.3) is 0 Å². The number of nitrogens with zero attached hydrogens (tertiary/aromatic N) is 1. The van der Waals surface area contributed by atoms with Gasteiger partial charge in [-0.05, 0) is 6.92 Å². The molecule has 0 aromatic carbocycles. The maximum atomic E-state index is 4.92. The molecule has 10 heavy (non-hydrogen) atoms. The highest BCUT2D eigenvalue weighted by Crippen LogP contribution is 2.07. The van der Waals surface area contributed by atoms with Gasteiger partial charge in [-0.1, -0.05) is 0 Å². The third-order valence-corrected chi connectivity index (χ3v) is 2.05. The summed E-state index contributed by atoms with van der Waals surface area (Å²) in [5.41, 5.74) is 1.14. The van der Waals surface area contributed by atoms with Gasteiger partial charge < -0.3 is 4.74 Å². The van der Waals surface area contributed by atoms with Crippen LogP contribution in [0.5, 0.6) is 0 Å². The second-order valence-electron chi connectivity index (χ2n) is 2.10. The highest BCUT2D eigenvalue weighted by molar-refractivity contribution is 7.09. The Morgan fingerprint density at radius 1 is 1.70 bits per heavy atom. The summed E-state index contributed by atoms with van der Waals surface area (Å²) in [5, 5.41) is 3.21. The molecule has 1 aromatic heterocycles. The summed E-state index contributed by atoms with van der Waals surface area (Å²) < 4.78 is 4.92. The van der Waals surface area contributed by atoms with Crippen molar-refractivity contribution in [3.05, 3.63) is 16.1 Å². The third-order valence-electron chi connectivity index (χ3n) is 1.23. The SMILES string of the molecule is COCCc1csc(C)n1. The summed E-state index contributed by atoms with van der Waals surface area (Å²) in [4.78, 5) is 4.29. The summed E-state index contributed by atoms with van der Waals surface area (Å²) in [6, 6.07) is 0. The Kier molecular flexibility index (Phi) is 2.83. The van der Waals surface area contributed by atoms with Crippen molar-refractivity contribution in [3.8, 4) is 0 Å². The number of thiazole rings is 1. The molecule has 0 bridgehead atoms. The molecular formula is C7H11NOS. The molecule has 0 radical (unpaired) electrons. The molecular weight excluding hydrogens is 146 g/mol. The van der Waals surface area contributed by atoms with Crippen LogP contribution in [-0.4, -0.2) is 18.7 Å². The van der Waals surface area contributed by atoms with E-state index in [-0.39, 0.29) is 0 Å². The molecule has 56 valence electrons. The van der Waals surface area contributed by atoms with Crippen molar-refractivity contribution >= 4 is 11.3 Å². The first kappa shape index (κ1) is 7.69. The summed E-state index contributed by atoms with van der Waals surface area (Å²) in [6.07, 6.45) is 0.931. The highest BCUT2D eigenvalue weighted by Gasteiger charge is 1.95. The van der Waals surface area contributed by atoms with Crippen LogP contribution in [0.1, 0.15) is 10.7 Å². The predicted molar refractivity (Wildman–Crippen MR) is 42.4 cm³/mol. The zero-order chi connectivity index (χ0) is 7.40. The normalized spacial score (nSPS) is 10.2. The van der Waals surface area contributed by atoms with Crippen LogP contribution in [0, 0.1) is 6.92 Å². The Balaban J connectivity index is 2.42. The Bertz CT molecular complexity index is 197. The van der Waals surface area contributed by atoms with E-state index in [1.54, 1.807) is 18.4 Å². The first-order valence-corrected chi connectivity index (χ1v) is 4.11. The lowest BCUT2D eigenvalue weighted by molar-refractivity contribution is 0.201.